The summed E-state index contributed by atoms with van der Waals surface area (Å²) in [7, 11) is -1.36. The molecule has 0 fully saturated rings. The molecular weight excluding hydrogens is 458 g/mol. The van der Waals surface area contributed by atoms with Gasteiger partial charge in [0.25, 0.3) is 15.9 Å². The third kappa shape index (κ3) is 5.29. The maximum Gasteiger partial charge on any atom is 0.264 e. The van der Waals surface area contributed by atoms with Crippen molar-refractivity contribution in [2.75, 3.05) is 30.4 Å². The number of carbonyl (C=O) groups is 2. The van der Waals surface area contributed by atoms with Crippen molar-refractivity contribution in [3.63, 3.8) is 0 Å². The molecule has 0 aliphatic carbocycles. The SMILES string of the molecule is COc1ccc(OC)c(N(CC(=O)Nc2ccccc2C(N)=O)S(=O)(=O)c2ccc(C)cc2)c1. The molecule has 34 heavy (non-hydrogen) atoms. The van der Waals surface area contributed by atoms with Crippen LogP contribution < -0.4 is 24.8 Å². The van der Waals surface area contributed by atoms with Crippen LogP contribution in [0.25, 0.3) is 0 Å². The summed E-state index contributed by atoms with van der Waals surface area (Å²) in [5, 5.41) is 2.57. The molecule has 3 rings (SSSR count). The predicted octanol–water partition coefficient (Wildman–Crippen LogP) is 2.95. The Hall–Kier alpha value is -4.05. The Morgan fingerprint density at radius 1 is 0.971 bits per heavy atom. The molecule has 178 valence electrons. The second-order valence-corrected chi connectivity index (χ2v) is 9.18. The Morgan fingerprint density at radius 2 is 1.65 bits per heavy atom. The van der Waals surface area contributed by atoms with Gasteiger partial charge in [-0.05, 0) is 43.3 Å². The standard InChI is InChI=1S/C24H25N3O6S/c1-16-8-11-18(12-9-16)34(30,31)27(21-14-17(32-2)10-13-22(21)33-3)15-23(28)26-20-7-5-4-6-19(20)24(25)29/h4-14H,15H2,1-3H3,(H2,25,29)(H,26,28). The molecule has 0 aliphatic heterocycles. The molecule has 3 N–H and O–H groups in total. The van der Waals surface area contributed by atoms with Crippen molar-refractivity contribution < 1.29 is 27.5 Å². The topological polar surface area (TPSA) is 128 Å². The lowest BCUT2D eigenvalue weighted by molar-refractivity contribution is -0.114. The Morgan fingerprint density at radius 3 is 2.26 bits per heavy atom. The molecule has 0 radical (unpaired) electrons. The summed E-state index contributed by atoms with van der Waals surface area (Å²) in [4.78, 5) is 24.7. The Kier molecular flexibility index (Phi) is 7.42. The monoisotopic (exact) mass is 483 g/mol. The number of aryl methyl sites for hydroxylation is 1. The highest BCUT2D eigenvalue weighted by atomic mass is 32.2. The fraction of sp³-hybridized carbons (Fsp3) is 0.167. The first-order valence-corrected chi connectivity index (χ1v) is 11.6. The number of hydrogen-bond donors (Lipinski definition) is 2. The van der Waals surface area contributed by atoms with Crippen molar-refractivity contribution in [2.45, 2.75) is 11.8 Å². The molecule has 0 bridgehead atoms. The second kappa shape index (κ2) is 10.3. The number of sulfonamides is 1. The molecule has 0 spiro atoms. The van der Waals surface area contributed by atoms with Crippen molar-refractivity contribution in [3.8, 4) is 11.5 Å². The zero-order chi connectivity index (χ0) is 24.9. The van der Waals surface area contributed by atoms with E-state index in [-0.39, 0.29) is 27.6 Å². The van der Waals surface area contributed by atoms with E-state index in [1.165, 1.54) is 44.6 Å². The van der Waals surface area contributed by atoms with Crippen LogP contribution >= 0.6 is 0 Å². The van der Waals surface area contributed by atoms with Gasteiger partial charge in [-0.2, -0.15) is 0 Å². The number of amides is 2. The van der Waals surface area contributed by atoms with Crippen LogP contribution in [0.2, 0.25) is 0 Å². The summed E-state index contributed by atoms with van der Waals surface area (Å²) in [6.45, 7) is 1.23. The number of nitrogens with two attached hydrogens (primary N) is 1. The number of benzene rings is 3. The average Bonchev–Trinajstić information content (AvgIpc) is 2.82. The maximum atomic E-state index is 13.7. The van der Waals surface area contributed by atoms with Gasteiger partial charge in [-0.15, -0.1) is 0 Å². The third-order valence-corrected chi connectivity index (χ3v) is 6.79. The lowest BCUT2D eigenvalue weighted by atomic mass is 10.1. The number of nitrogens with zero attached hydrogens (tertiary/aromatic N) is 1. The maximum absolute atomic E-state index is 13.7. The average molecular weight is 484 g/mol. The van der Waals surface area contributed by atoms with Crippen molar-refractivity contribution in [3.05, 3.63) is 77.9 Å². The summed E-state index contributed by atoms with van der Waals surface area (Å²) >= 11 is 0. The van der Waals surface area contributed by atoms with Crippen LogP contribution in [0.1, 0.15) is 15.9 Å². The van der Waals surface area contributed by atoms with E-state index < -0.39 is 28.4 Å². The van der Waals surface area contributed by atoms with Gasteiger partial charge in [0.2, 0.25) is 5.91 Å². The van der Waals surface area contributed by atoms with Crippen LogP contribution in [-0.2, 0) is 14.8 Å². The molecule has 0 atom stereocenters. The Balaban J connectivity index is 2.07. The Labute approximate surface area is 198 Å². The van der Waals surface area contributed by atoms with Crippen LogP contribution in [0.4, 0.5) is 11.4 Å². The molecule has 10 heteroatoms. The first kappa shape index (κ1) is 24.6. The number of hydrogen-bond acceptors (Lipinski definition) is 6. The normalized spacial score (nSPS) is 10.9. The molecule has 9 nitrogen and oxygen atoms in total. The van der Waals surface area contributed by atoms with E-state index in [1.54, 1.807) is 36.4 Å². The number of nitrogens with one attached hydrogen (secondary N) is 1. The molecule has 2 amide bonds. The van der Waals surface area contributed by atoms with E-state index in [0.29, 0.717) is 5.75 Å². The van der Waals surface area contributed by atoms with Crippen LogP contribution in [0, 0.1) is 6.92 Å². The molecule has 0 saturated carbocycles. The molecule has 0 saturated heterocycles. The van der Waals surface area contributed by atoms with E-state index in [1.807, 2.05) is 6.92 Å². The van der Waals surface area contributed by atoms with Crippen molar-refractivity contribution in [1.82, 2.24) is 0 Å². The lowest BCUT2D eigenvalue weighted by Crippen LogP contribution is -2.38. The minimum atomic E-state index is -4.20. The van der Waals surface area contributed by atoms with E-state index in [9.17, 15) is 18.0 Å². The first-order chi connectivity index (χ1) is 16.2. The van der Waals surface area contributed by atoms with Crippen LogP contribution in [0.3, 0.4) is 0 Å². The first-order valence-electron chi connectivity index (χ1n) is 10.2. The number of primary amides is 1. The van der Waals surface area contributed by atoms with Gasteiger partial charge in [0, 0.05) is 6.07 Å². The minimum absolute atomic E-state index is 0.00620. The van der Waals surface area contributed by atoms with Gasteiger partial charge < -0.3 is 20.5 Å². The van der Waals surface area contributed by atoms with Gasteiger partial charge in [0.05, 0.1) is 36.1 Å². The highest BCUT2D eigenvalue weighted by Crippen LogP contribution is 2.35. The highest BCUT2D eigenvalue weighted by Gasteiger charge is 2.30. The van der Waals surface area contributed by atoms with Crippen molar-refractivity contribution in [1.29, 1.82) is 0 Å². The van der Waals surface area contributed by atoms with Gasteiger partial charge in [0.15, 0.2) is 0 Å². The smallest absolute Gasteiger partial charge is 0.264 e. The quantitative estimate of drug-likeness (QED) is 0.482. The van der Waals surface area contributed by atoms with Gasteiger partial charge in [-0.1, -0.05) is 29.8 Å². The molecule has 0 aliphatic rings. The van der Waals surface area contributed by atoms with E-state index >= 15 is 0 Å². The number of rotatable bonds is 9. The molecule has 0 unspecified atom stereocenters. The zero-order valence-electron chi connectivity index (χ0n) is 18.9. The summed E-state index contributed by atoms with van der Waals surface area (Å²) in [5.74, 6) is -0.815. The van der Waals surface area contributed by atoms with Crippen LogP contribution in [0.5, 0.6) is 11.5 Å². The molecule has 0 heterocycles. The zero-order valence-corrected chi connectivity index (χ0v) is 19.8. The predicted molar refractivity (Wildman–Crippen MR) is 129 cm³/mol. The van der Waals surface area contributed by atoms with Gasteiger partial charge in [-0.3, -0.25) is 13.9 Å². The van der Waals surface area contributed by atoms with E-state index in [0.717, 1.165) is 9.87 Å². The molecule has 3 aromatic rings. The highest BCUT2D eigenvalue weighted by molar-refractivity contribution is 7.92. The summed E-state index contributed by atoms with van der Waals surface area (Å²) in [6, 6.07) is 17.1. The van der Waals surface area contributed by atoms with Crippen molar-refractivity contribution >= 4 is 33.2 Å². The molecular formula is C24H25N3O6S. The third-order valence-electron chi connectivity index (χ3n) is 5.02. The van der Waals surface area contributed by atoms with E-state index in [4.69, 9.17) is 15.2 Å². The van der Waals surface area contributed by atoms with Gasteiger partial charge in [0.1, 0.15) is 18.0 Å². The fourth-order valence-corrected chi connectivity index (χ4v) is 4.68. The van der Waals surface area contributed by atoms with E-state index in [2.05, 4.69) is 5.32 Å². The largest absolute Gasteiger partial charge is 0.497 e. The van der Waals surface area contributed by atoms with Crippen molar-refractivity contribution in [2.24, 2.45) is 5.73 Å². The Bertz CT molecular complexity index is 1310. The number of carbonyl (C=O) groups excluding carboxylic acids is 2. The number of anilines is 2. The molecule has 3 aromatic carbocycles. The summed E-state index contributed by atoms with van der Waals surface area (Å²) in [5.41, 5.74) is 6.65. The van der Waals surface area contributed by atoms with Gasteiger partial charge >= 0.3 is 0 Å². The number of methoxy groups -OCH3 is 2. The van der Waals surface area contributed by atoms with Gasteiger partial charge in [-0.25, -0.2) is 8.42 Å². The summed E-state index contributed by atoms with van der Waals surface area (Å²) < 4.78 is 38.9. The minimum Gasteiger partial charge on any atom is -0.497 e. The number of ether oxygens (including phenoxy) is 2. The van der Waals surface area contributed by atoms with Crippen LogP contribution in [-0.4, -0.2) is 41.0 Å². The number of para-hydroxylation sites is 1. The lowest BCUT2D eigenvalue weighted by Gasteiger charge is -2.26. The van der Waals surface area contributed by atoms with Crippen LogP contribution in [0.15, 0.2) is 71.6 Å². The molecule has 0 aromatic heterocycles. The summed E-state index contributed by atoms with van der Waals surface area (Å²) in [6.07, 6.45) is 0. The fourth-order valence-electron chi connectivity index (χ4n) is 3.26. The second-order valence-electron chi connectivity index (χ2n) is 7.32.